The summed E-state index contributed by atoms with van der Waals surface area (Å²) in [5.41, 5.74) is 1.55. The van der Waals surface area contributed by atoms with E-state index >= 15 is 0 Å². The van der Waals surface area contributed by atoms with Crippen LogP contribution in [0.5, 0.6) is 0 Å². The molecule has 0 aromatic heterocycles. The fraction of sp³-hybridized carbons (Fsp3) is 0.667. The van der Waals surface area contributed by atoms with E-state index in [2.05, 4.69) is 20.8 Å². The van der Waals surface area contributed by atoms with Crippen LogP contribution in [0.1, 0.15) is 47.0 Å². The van der Waals surface area contributed by atoms with Crippen molar-refractivity contribution in [2.45, 2.75) is 52.6 Å². The molecule has 2 atom stereocenters. The van der Waals surface area contributed by atoms with Gasteiger partial charge in [0, 0.05) is 11.0 Å². The summed E-state index contributed by atoms with van der Waals surface area (Å²) >= 11 is 0. The zero-order chi connectivity index (χ0) is 12.6. The summed E-state index contributed by atoms with van der Waals surface area (Å²) in [7, 11) is 0. The van der Waals surface area contributed by atoms with Crippen LogP contribution in [0.15, 0.2) is 22.8 Å². The number of carbonyl (C=O) groups excluding carboxylic acids is 1. The average molecular weight is 232 g/mol. The highest BCUT2D eigenvalue weighted by molar-refractivity contribution is 6.12. The third-order valence-electron chi connectivity index (χ3n) is 5.18. The van der Waals surface area contributed by atoms with Crippen LogP contribution < -0.4 is 0 Å². The lowest BCUT2D eigenvalue weighted by molar-refractivity contribution is -0.122. The highest BCUT2D eigenvalue weighted by Crippen LogP contribution is 2.65. The van der Waals surface area contributed by atoms with Gasteiger partial charge in [-0.1, -0.05) is 32.4 Å². The van der Waals surface area contributed by atoms with Crippen molar-refractivity contribution in [2.24, 2.45) is 10.8 Å². The molecule has 1 N–H and O–H groups in total. The maximum atomic E-state index is 12.3. The quantitative estimate of drug-likeness (QED) is 0.697. The van der Waals surface area contributed by atoms with Gasteiger partial charge in [0.15, 0.2) is 5.78 Å². The number of hydrogen-bond donors (Lipinski definition) is 1. The fourth-order valence-corrected chi connectivity index (χ4v) is 4.08. The van der Waals surface area contributed by atoms with Crippen LogP contribution in [-0.4, -0.2) is 16.5 Å². The summed E-state index contributed by atoms with van der Waals surface area (Å²) in [6.07, 6.45) is 4.65. The minimum atomic E-state index is -0.916. The van der Waals surface area contributed by atoms with Gasteiger partial charge in [-0.05, 0) is 37.2 Å². The van der Waals surface area contributed by atoms with Crippen LogP contribution in [0.4, 0.5) is 0 Å². The number of hydrogen-bond acceptors (Lipinski definition) is 2. The molecule has 0 radical (unpaired) electrons. The minimum absolute atomic E-state index is 0.0743. The average Bonchev–Trinajstić information content (AvgIpc) is 2.44. The highest BCUT2D eigenvalue weighted by Gasteiger charge is 2.64. The van der Waals surface area contributed by atoms with Crippen LogP contribution in [0.3, 0.4) is 0 Å². The van der Waals surface area contributed by atoms with Gasteiger partial charge in [0.1, 0.15) is 5.60 Å². The van der Waals surface area contributed by atoms with Gasteiger partial charge in [-0.3, -0.25) is 4.79 Å². The van der Waals surface area contributed by atoms with Crippen molar-refractivity contribution in [3.63, 3.8) is 0 Å². The molecule has 0 aromatic rings. The standard InChI is InChI=1S/C15H20O2/c1-9-10-5-6-14(10,4)15(17)8-13(2,3)7-11(15)12(9)16/h7,17H,5-6,8H2,1-4H3. The second-order valence-electron chi connectivity index (χ2n) is 6.85. The third-order valence-corrected chi connectivity index (χ3v) is 5.18. The first-order valence-electron chi connectivity index (χ1n) is 6.42. The molecule has 0 aromatic carbocycles. The van der Waals surface area contributed by atoms with E-state index in [0.29, 0.717) is 12.0 Å². The Kier molecular flexibility index (Phi) is 1.81. The topological polar surface area (TPSA) is 37.3 Å². The van der Waals surface area contributed by atoms with E-state index in [1.54, 1.807) is 0 Å². The van der Waals surface area contributed by atoms with E-state index < -0.39 is 5.60 Å². The van der Waals surface area contributed by atoms with Gasteiger partial charge in [-0.25, -0.2) is 0 Å². The van der Waals surface area contributed by atoms with Crippen LogP contribution in [0.2, 0.25) is 0 Å². The summed E-state index contributed by atoms with van der Waals surface area (Å²) in [5.74, 6) is 0.0743. The van der Waals surface area contributed by atoms with E-state index in [4.69, 9.17) is 0 Å². The van der Waals surface area contributed by atoms with Crippen molar-refractivity contribution >= 4 is 5.78 Å². The normalized spacial score (nSPS) is 42.9. The molecular weight excluding hydrogens is 212 g/mol. The highest BCUT2D eigenvalue weighted by atomic mass is 16.3. The first-order chi connectivity index (χ1) is 7.71. The molecule has 2 nitrogen and oxygen atoms in total. The number of ketones is 1. The molecule has 3 aliphatic rings. The Hall–Kier alpha value is -0.890. The Morgan fingerprint density at radius 1 is 1.29 bits per heavy atom. The second-order valence-corrected chi connectivity index (χ2v) is 6.85. The molecule has 3 rings (SSSR count). The molecule has 3 aliphatic carbocycles. The number of allylic oxidation sites excluding steroid dienone is 2. The second kappa shape index (κ2) is 2.74. The third kappa shape index (κ3) is 1.08. The zero-order valence-electron chi connectivity index (χ0n) is 11.1. The molecular formula is C15H20O2. The van der Waals surface area contributed by atoms with E-state index in [1.807, 2.05) is 13.0 Å². The maximum Gasteiger partial charge on any atom is 0.187 e. The monoisotopic (exact) mass is 232 g/mol. The van der Waals surface area contributed by atoms with Gasteiger partial charge in [-0.15, -0.1) is 0 Å². The first kappa shape index (κ1) is 11.2. The molecule has 0 spiro atoms. The molecule has 2 heteroatoms. The van der Waals surface area contributed by atoms with Crippen molar-refractivity contribution in [3.8, 4) is 0 Å². The van der Waals surface area contributed by atoms with Crippen molar-refractivity contribution < 1.29 is 9.90 Å². The summed E-state index contributed by atoms with van der Waals surface area (Å²) in [6.45, 7) is 8.24. The first-order valence-corrected chi connectivity index (χ1v) is 6.42. The minimum Gasteiger partial charge on any atom is -0.384 e. The largest absolute Gasteiger partial charge is 0.384 e. The molecule has 0 aliphatic heterocycles. The van der Waals surface area contributed by atoms with Crippen molar-refractivity contribution in [1.29, 1.82) is 0 Å². The SMILES string of the molecule is CC1=C2CCC2(C)C2(O)CC(C)(C)C=C2C1=O. The van der Waals surface area contributed by atoms with Crippen LogP contribution in [-0.2, 0) is 4.79 Å². The lowest BCUT2D eigenvalue weighted by atomic mass is 9.50. The van der Waals surface area contributed by atoms with E-state index in [9.17, 15) is 9.90 Å². The lowest BCUT2D eigenvalue weighted by Gasteiger charge is -2.56. The van der Waals surface area contributed by atoms with Crippen molar-refractivity contribution in [3.05, 3.63) is 22.8 Å². The Morgan fingerprint density at radius 2 is 1.94 bits per heavy atom. The molecule has 2 unspecified atom stereocenters. The molecule has 0 heterocycles. The zero-order valence-corrected chi connectivity index (χ0v) is 11.1. The van der Waals surface area contributed by atoms with Gasteiger partial charge < -0.3 is 5.11 Å². The van der Waals surface area contributed by atoms with Crippen molar-refractivity contribution in [2.75, 3.05) is 0 Å². The molecule has 0 saturated heterocycles. The predicted octanol–water partition coefficient (Wildman–Crippen LogP) is 2.77. The number of aliphatic hydroxyl groups is 1. The smallest absolute Gasteiger partial charge is 0.187 e. The number of carbonyl (C=O) groups is 1. The Balaban J connectivity index is 2.24. The van der Waals surface area contributed by atoms with Gasteiger partial charge >= 0.3 is 0 Å². The Bertz CT molecular complexity index is 495. The molecule has 17 heavy (non-hydrogen) atoms. The molecule has 0 bridgehead atoms. The van der Waals surface area contributed by atoms with E-state index in [-0.39, 0.29) is 16.6 Å². The summed E-state index contributed by atoms with van der Waals surface area (Å²) < 4.78 is 0. The molecule has 92 valence electrons. The molecule has 1 fully saturated rings. The summed E-state index contributed by atoms with van der Waals surface area (Å²) in [5, 5.41) is 11.1. The van der Waals surface area contributed by atoms with Crippen LogP contribution in [0, 0.1) is 10.8 Å². The number of Topliss-reactive ketones (excluding diaryl/α,β-unsaturated/α-hetero) is 1. The molecule has 0 amide bonds. The fourth-order valence-electron chi connectivity index (χ4n) is 4.08. The van der Waals surface area contributed by atoms with E-state index in [1.165, 1.54) is 5.57 Å². The lowest BCUT2D eigenvalue weighted by Crippen LogP contribution is -2.57. The van der Waals surface area contributed by atoms with Gasteiger partial charge in [0.05, 0.1) is 0 Å². The van der Waals surface area contributed by atoms with Crippen molar-refractivity contribution in [1.82, 2.24) is 0 Å². The van der Waals surface area contributed by atoms with Gasteiger partial charge in [0.25, 0.3) is 0 Å². The number of rotatable bonds is 0. The Labute approximate surface area is 102 Å². The van der Waals surface area contributed by atoms with Gasteiger partial charge in [0.2, 0.25) is 0 Å². The van der Waals surface area contributed by atoms with E-state index in [0.717, 1.165) is 18.4 Å². The van der Waals surface area contributed by atoms with Crippen LogP contribution >= 0.6 is 0 Å². The summed E-state index contributed by atoms with van der Waals surface area (Å²) in [4.78, 5) is 12.3. The number of fused-ring (bicyclic) bond motifs is 3. The maximum absolute atomic E-state index is 12.3. The molecule has 1 saturated carbocycles. The van der Waals surface area contributed by atoms with Gasteiger partial charge in [-0.2, -0.15) is 0 Å². The summed E-state index contributed by atoms with van der Waals surface area (Å²) in [6, 6.07) is 0. The predicted molar refractivity (Wildman–Crippen MR) is 66.5 cm³/mol. The van der Waals surface area contributed by atoms with Crippen LogP contribution in [0.25, 0.3) is 0 Å². The Morgan fingerprint density at radius 3 is 2.47 bits per heavy atom.